The molecule has 1 saturated heterocycles. The van der Waals surface area contributed by atoms with E-state index in [0.717, 1.165) is 48.7 Å². The molecule has 8 heteroatoms. The first-order valence-electron chi connectivity index (χ1n) is 9.81. The Morgan fingerprint density at radius 3 is 1.33 bits per heavy atom. The van der Waals surface area contributed by atoms with Gasteiger partial charge in [0, 0.05) is 25.2 Å². The van der Waals surface area contributed by atoms with E-state index in [0.29, 0.717) is 0 Å². The lowest BCUT2D eigenvalue weighted by atomic mass is 10.2. The number of carbonyl (C=O) groups is 2. The van der Waals surface area contributed by atoms with Crippen molar-refractivity contribution in [3.8, 4) is 0 Å². The second kappa shape index (κ2) is 10.2. The summed E-state index contributed by atoms with van der Waals surface area (Å²) >= 11 is 0. The molecule has 0 unspecified atom stereocenters. The van der Waals surface area contributed by atoms with Crippen LogP contribution in [0.2, 0.25) is 0 Å². The highest BCUT2D eigenvalue weighted by molar-refractivity contribution is 5.90. The van der Waals surface area contributed by atoms with Crippen LogP contribution in [0.25, 0.3) is 0 Å². The number of carbonyl (C=O) groups excluding carboxylic acids is 2. The van der Waals surface area contributed by atoms with Gasteiger partial charge in [-0.25, -0.2) is 0 Å². The van der Waals surface area contributed by atoms with Crippen LogP contribution >= 0.6 is 0 Å². The van der Waals surface area contributed by atoms with Gasteiger partial charge in [-0.3, -0.25) is 19.6 Å². The SMILES string of the molecule is CC(=O)Nc1ccc(/C=N\N2CCN(/N=C/c3ccc(NC(C)=O)cc3)CC2)cc1. The number of amides is 2. The molecular formula is C22H26N6O2. The number of piperazine rings is 1. The van der Waals surface area contributed by atoms with Gasteiger partial charge in [-0.2, -0.15) is 10.2 Å². The number of anilines is 2. The first-order chi connectivity index (χ1) is 14.5. The zero-order valence-electron chi connectivity index (χ0n) is 17.2. The molecule has 2 aromatic carbocycles. The molecule has 1 aliphatic rings. The average molecular weight is 406 g/mol. The van der Waals surface area contributed by atoms with E-state index in [2.05, 4.69) is 20.8 Å². The summed E-state index contributed by atoms with van der Waals surface area (Å²) in [7, 11) is 0. The lowest BCUT2D eigenvalue weighted by molar-refractivity contribution is -0.115. The van der Waals surface area contributed by atoms with Gasteiger partial charge in [0.15, 0.2) is 0 Å². The Bertz CT molecular complexity index is 836. The van der Waals surface area contributed by atoms with Crippen LogP contribution in [0, 0.1) is 0 Å². The van der Waals surface area contributed by atoms with Gasteiger partial charge in [0.05, 0.1) is 38.6 Å². The molecule has 1 fully saturated rings. The van der Waals surface area contributed by atoms with Crippen molar-refractivity contribution in [1.82, 2.24) is 10.0 Å². The second-order valence-corrected chi connectivity index (χ2v) is 7.00. The van der Waals surface area contributed by atoms with Crippen molar-refractivity contribution in [2.24, 2.45) is 10.2 Å². The molecule has 156 valence electrons. The number of hydrazone groups is 2. The molecule has 0 bridgehead atoms. The second-order valence-electron chi connectivity index (χ2n) is 7.00. The molecule has 1 aliphatic heterocycles. The molecule has 0 saturated carbocycles. The smallest absolute Gasteiger partial charge is 0.221 e. The van der Waals surface area contributed by atoms with Crippen molar-refractivity contribution in [2.75, 3.05) is 36.8 Å². The van der Waals surface area contributed by atoms with Gasteiger partial charge in [-0.15, -0.1) is 0 Å². The lowest BCUT2D eigenvalue weighted by Gasteiger charge is -2.31. The summed E-state index contributed by atoms with van der Waals surface area (Å²) < 4.78 is 0. The van der Waals surface area contributed by atoms with E-state index in [1.807, 2.05) is 71.0 Å². The molecule has 2 N–H and O–H groups in total. The Morgan fingerprint density at radius 2 is 1.03 bits per heavy atom. The Kier molecular flexibility index (Phi) is 7.15. The van der Waals surface area contributed by atoms with Gasteiger partial charge < -0.3 is 10.6 Å². The van der Waals surface area contributed by atoms with Crippen molar-refractivity contribution in [2.45, 2.75) is 13.8 Å². The van der Waals surface area contributed by atoms with Crippen LogP contribution in [0.1, 0.15) is 25.0 Å². The predicted molar refractivity (Wildman–Crippen MR) is 120 cm³/mol. The largest absolute Gasteiger partial charge is 0.326 e. The van der Waals surface area contributed by atoms with Crippen LogP contribution in [0.3, 0.4) is 0 Å². The summed E-state index contributed by atoms with van der Waals surface area (Å²) in [5, 5.41) is 18.6. The topological polar surface area (TPSA) is 89.4 Å². The molecule has 1 heterocycles. The number of benzene rings is 2. The number of rotatable bonds is 6. The van der Waals surface area contributed by atoms with Crippen LogP contribution < -0.4 is 10.6 Å². The van der Waals surface area contributed by atoms with Gasteiger partial charge in [0.2, 0.25) is 11.8 Å². The molecular weight excluding hydrogens is 380 g/mol. The van der Waals surface area contributed by atoms with Crippen LogP contribution in [-0.4, -0.2) is 60.4 Å². The summed E-state index contributed by atoms with van der Waals surface area (Å²) in [5.41, 5.74) is 3.51. The fourth-order valence-corrected chi connectivity index (χ4v) is 2.92. The van der Waals surface area contributed by atoms with E-state index in [1.54, 1.807) is 0 Å². The van der Waals surface area contributed by atoms with Crippen LogP contribution in [0.15, 0.2) is 58.7 Å². The summed E-state index contributed by atoms with van der Waals surface area (Å²) in [6.45, 7) is 6.14. The highest BCUT2D eigenvalue weighted by Gasteiger charge is 2.13. The molecule has 0 aromatic heterocycles. The maximum atomic E-state index is 11.1. The maximum absolute atomic E-state index is 11.1. The van der Waals surface area contributed by atoms with Crippen LogP contribution in [0.4, 0.5) is 11.4 Å². The zero-order valence-corrected chi connectivity index (χ0v) is 17.2. The van der Waals surface area contributed by atoms with Gasteiger partial charge in [-0.1, -0.05) is 24.3 Å². The molecule has 2 amide bonds. The molecule has 2 aromatic rings. The first kappa shape index (κ1) is 21.0. The fraction of sp³-hybridized carbons (Fsp3) is 0.273. The maximum Gasteiger partial charge on any atom is 0.221 e. The minimum atomic E-state index is -0.0843. The fourth-order valence-electron chi connectivity index (χ4n) is 2.92. The van der Waals surface area contributed by atoms with Crippen molar-refractivity contribution in [3.05, 3.63) is 59.7 Å². The standard InChI is InChI=1S/C22H26N6O2/c1-17(29)25-21-7-3-19(4-8-21)15-23-27-11-13-28(14-12-27)24-16-20-5-9-22(10-6-20)26-18(2)30/h3-10,15-16H,11-14H2,1-2H3,(H,25,29)(H,26,30)/b23-15-,24-16+. The third kappa shape index (κ3) is 6.73. The van der Waals surface area contributed by atoms with Crippen LogP contribution in [0.5, 0.6) is 0 Å². The monoisotopic (exact) mass is 406 g/mol. The van der Waals surface area contributed by atoms with Gasteiger partial charge in [-0.05, 0) is 35.4 Å². The van der Waals surface area contributed by atoms with Crippen molar-refractivity contribution in [1.29, 1.82) is 0 Å². The molecule has 0 aliphatic carbocycles. The van der Waals surface area contributed by atoms with Crippen LogP contribution in [-0.2, 0) is 9.59 Å². The number of hydrogen-bond donors (Lipinski definition) is 2. The van der Waals surface area contributed by atoms with Crippen molar-refractivity contribution < 1.29 is 9.59 Å². The van der Waals surface area contributed by atoms with E-state index >= 15 is 0 Å². The van der Waals surface area contributed by atoms with E-state index < -0.39 is 0 Å². The number of hydrogen-bond acceptors (Lipinski definition) is 6. The zero-order chi connectivity index (χ0) is 21.3. The highest BCUT2D eigenvalue weighted by atomic mass is 16.2. The lowest BCUT2D eigenvalue weighted by Crippen LogP contribution is -2.41. The molecule has 0 radical (unpaired) electrons. The summed E-state index contributed by atoms with van der Waals surface area (Å²) in [6, 6.07) is 15.1. The summed E-state index contributed by atoms with van der Waals surface area (Å²) in [6.07, 6.45) is 3.65. The highest BCUT2D eigenvalue weighted by Crippen LogP contribution is 2.10. The molecule has 8 nitrogen and oxygen atoms in total. The van der Waals surface area contributed by atoms with E-state index in [1.165, 1.54) is 13.8 Å². The molecule has 0 atom stereocenters. The Balaban J connectivity index is 1.45. The third-order valence-electron chi connectivity index (χ3n) is 4.43. The normalized spacial score (nSPS) is 14.3. The van der Waals surface area contributed by atoms with Gasteiger partial charge >= 0.3 is 0 Å². The number of nitrogens with one attached hydrogen (secondary N) is 2. The minimum absolute atomic E-state index is 0.0843. The van der Waals surface area contributed by atoms with Crippen molar-refractivity contribution in [3.63, 3.8) is 0 Å². The van der Waals surface area contributed by atoms with E-state index in [-0.39, 0.29) is 11.8 Å². The van der Waals surface area contributed by atoms with Crippen molar-refractivity contribution >= 4 is 35.6 Å². The third-order valence-corrected chi connectivity index (χ3v) is 4.43. The average Bonchev–Trinajstić information content (AvgIpc) is 2.73. The Morgan fingerprint density at radius 1 is 0.700 bits per heavy atom. The Labute approximate surface area is 176 Å². The summed E-state index contributed by atoms with van der Waals surface area (Å²) in [5.74, 6) is -0.169. The Hall–Kier alpha value is -3.68. The predicted octanol–water partition coefficient (Wildman–Crippen LogP) is 2.59. The van der Waals surface area contributed by atoms with E-state index in [9.17, 15) is 9.59 Å². The quantitative estimate of drug-likeness (QED) is 0.722. The first-order valence-corrected chi connectivity index (χ1v) is 9.81. The molecule has 0 spiro atoms. The van der Waals surface area contributed by atoms with Gasteiger partial charge in [0.25, 0.3) is 0 Å². The molecule has 30 heavy (non-hydrogen) atoms. The number of nitrogens with zero attached hydrogens (tertiary/aromatic N) is 4. The van der Waals surface area contributed by atoms with E-state index in [4.69, 9.17) is 0 Å². The summed E-state index contributed by atoms with van der Waals surface area (Å²) in [4.78, 5) is 22.1. The molecule has 3 rings (SSSR count). The van der Waals surface area contributed by atoms with Gasteiger partial charge in [0.1, 0.15) is 0 Å². The minimum Gasteiger partial charge on any atom is -0.326 e.